The molecule has 3 nitrogen and oxygen atoms in total. The Morgan fingerprint density at radius 1 is 1.35 bits per heavy atom. The maximum Gasteiger partial charge on any atom is 0.304 e. The summed E-state index contributed by atoms with van der Waals surface area (Å²) in [6.07, 6.45) is 0.995. The topological polar surface area (TPSA) is 44.9 Å². The van der Waals surface area contributed by atoms with Crippen molar-refractivity contribution in [2.45, 2.75) is 25.9 Å². The standard InChI is InChI=1S/C13H16N2OS/c1-10(7-11-5-3-2-4-6-11)14-8-12-9-17-13(16)15-12/h2-6,9-10,14H,7-8H2,1H3,(H,15,16). The molecule has 1 aromatic carbocycles. The quantitative estimate of drug-likeness (QED) is 0.851. The highest BCUT2D eigenvalue weighted by Crippen LogP contribution is 2.03. The molecule has 0 aliphatic rings. The number of thiazole rings is 1. The maximum absolute atomic E-state index is 11.0. The summed E-state index contributed by atoms with van der Waals surface area (Å²) < 4.78 is 0. The van der Waals surface area contributed by atoms with E-state index in [1.54, 1.807) is 0 Å². The molecule has 2 aromatic rings. The van der Waals surface area contributed by atoms with Gasteiger partial charge in [0.15, 0.2) is 0 Å². The van der Waals surface area contributed by atoms with Crippen LogP contribution in [0, 0.1) is 0 Å². The van der Waals surface area contributed by atoms with Crippen LogP contribution in [0.15, 0.2) is 40.5 Å². The van der Waals surface area contributed by atoms with Gasteiger partial charge in [0.2, 0.25) is 0 Å². The number of rotatable bonds is 5. The lowest BCUT2D eigenvalue weighted by Crippen LogP contribution is -2.27. The molecule has 0 radical (unpaired) electrons. The number of hydrogen-bond donors (Lipinski definition) is 2. The van der Waals surface area contributed by atoms with E-state index in [1.807, 2.05) is 11.4 Å². The van der Waals surface area contributed by atoms with Crippen LogP contribution in [-0.4, -0.2) is 11.0 Å². The SMILES string of the molecule is CC(Cc1ccccc1)NCc1csc(=O)[nH]1. The maximum atomic E-state index is 11.0. The highest BCUT2D eigenvalue weighted by molar-refractivity contribution is 7.07. The molecular formula is C13H16N2OS. The third-order valence-electron chi connectivity index (χ3n) is 2.60. The van der Waals surface area contributed by atoms with Crippen LogP contribution >= 0.6 is 11.3 Å². The van der Waals surface area contributed by atoms with Crippen molar-refractivity contribution >= 4 is 11.3 Å². The Kier molecular flexibility index (Phi) is 4.12. The summed E-state index contributed by atoms with van der Waals surface area (Å²) in [6.45, 7) is 2.87. The minimum atomic E-state index is 0.0116. The van der Waals surface area contributed by atoms with E-state index in [9.17, 15) is 4.79 Å². The van der Waals surface area contributed by atoms with E-state index in [2.05, 4.69) is 41.5 Å². The van der Waals surface area contributed by atoms with E-state index in [-0.39, 0.29) is 4.87 Å². The van der Waals surface area contributed by atoms with Crippen LogP contribution in [0.5, 0.6) is 0 Å². The first kappa shape index (κ1) is 12.1. The van der Waals surface area contributed by atoms with Crippen LogP contribution in [0.2, 0.25) is 0 Å². The Morgan fingerprint density at radius 2 is 2.12 bits per heavy atom. The number of nitrogens with one attached hydrogen (secondary N) is 2. The zero-order valence-corrected chi connectivity index (χ0v) is 10.6. The van der Waals surface area contributed by atoms with Crippen LogP contribution in [0.25, 0.3) is 0 Å². The molecule has 0 saturated carbocycles. The molecule has 1 heterocycles. The molecule has 0 bridgehead atoms. The van der Waals surface area contributed by atoms with Crippen LogP contribution in [-0.2, 0) is 13.0 Å². The zero-order chi connectivity index (χ0) is 12.1. The Balaban J connectivity index is 1.82. The van der Waals surface area contributed by atoms with E-state index < -0.39 is 0 Å². The second-order valence-electron chi connectivity index (χ2n) is 4.15. The Bertz CT molecular complexity index is 503. The lowest BCUT2D eigenvalue weighted by molar-refractivity contribution is 0.541. The molecular weight excluding hydrogens is 232 g/mol. The molecule has 0 spiro atoms. The zero-order valence-electron chi connectivity index (χ0n) is 9.77. The minimum Gasteiger partial charge on any atom is -0.315 e. The van der Waals surface area contributed by atoms with Gasteiger partial charge in [0.05, 0.1) is 0 Å². The average Bonchev–Trinajstić information content (AvgIpc) is 2.74. The van der Waals surface area contributed by atoms with Crippen molar-refractivity contribution in [3.05, 3.63) is 56.6 Å². The first-order valence-electron chi connectivity index (χ1n) is 5.68. The van der Waals surface area contributed by atoms with Crippen LogP contribution in [0.1, 0.15) is 18.2 Å². The Morgan fingerprint density at radius 3 is 2.76 bits per heavy atom. The highest BCUT2D eigenvalue weighted by atomic mass is 32.1. The van der Waals surface area contributed by atoms with Gasteiger partial charge in [-0.3, -0.25) is 4.79 Å². The van der Waals surface area contributed by atoms with E-state index in [0.717, 1.165) is 12.1 Å². The summed E-state index contributed by atoms with van der Waals surface area (Å²) in [5.41, 5.74) is 2.28. The van der Waals surface area contributed by atoms with Gasteiger partial charge in [0.1, 0.15) is 0 Å². The van der Waals surface area contributed by atoms with Gasteiger partial charge < -0.3 is 10.3 Å². The summed E-state index contributed by atoms with van der Waals surface area (Å²) in [7, 11) is 0. The molecule has 0 amide bonds. The molecule has 4 heteroatoms. The van der Waals surface area contributed by atoms with Crippen molar-refractivity contribution in [3.8, 4) is 0 Å². The molecule has 90 valence electrons. The summed E-state index contributed by atoms with van der Waals surface area (Å²) in [5.74, 6) is 0. The van der Waals surface area contributed by atoms with Gasteiger partial charge in [-0.1, -0.05) is 41.7 Å². The van der Waals surface area contributed by atoms with Crippen molar-refractivity contribution < 1.29 is 0 Å². The van der Waals surface area contributed by atoms with Crippen molar-refractivity contribution in [2.24, 2.45) is 0 Å². The van der Waals surface area contributed by atoms with E-state index >= 15 is 0 Å². The molecule has 1 atom stereocenters. The first-order valence-corrected chi connectivity index (χ1v) is 6.56. The fourth-order valence-corrected chi connectivity index (χ4v) is 2.31. The molecule has 2 N–H and O–H groups in total. The van der Waals surface area contributed by atoms with Gasteiger partial charge in [-0.25, -0.2) is 0 Å². The number of benzene rings is 1. The molecule has 0 saturated heterocycles. The van der Waals surface area contributed by atoms with E-state index in [0.29, 0.717) is 12.6 Å². The monoisotopic (exact) mass is 248 g/mol. The number of aromatic amines is 1. The second kappa shape index (κ2) is 5.80. The van der Waals surface area contributed by atoms with Gasteiger partial charge in [-0.2, -0.15) is 0 Å². The van der Waals surface area contributed by atoms with Crippen LogP contribution < -0.4 is 10.2 Å². The summed E-state index contributed by atoms with van der Waals surface area (Å²) in [5, 5.41) is 5.26. The van der Waals surface area contributed by atoms with Crippen molar-refractivity contribution in [1.82, 2.24) is 10.3 Å². The van der Waals surface area contributed by atoms with E-state index in [4.69, 9.17) is 0 Å². The summed E-state index contributed by atoms with van der Waals surface area (Å²) >= 11 is 1.21. The molecule has 17 heavy (non-hydrogen) atoms. The highest BCUT2D eigenvalue weighted by Gasteiger charge is 2.03. The number of aromatic nitrogens is 1. The first-order chi connectivity index (χ1) is 8.24. The van der Waals surface area contributed by atoms with Crippen molar-refractivity contribution in [3.63, 3.8) is 0 Å². The van der Waals surface area contributed by atoms with Gasteiger partial charge in [-0.05, 0) is 18.9 Å². The third-order valence-corrected chi connectivity index (χ3v) is 3.32. The second-order valence-corrected chi connectivity index (χ2v) is 4.99. The van der Waals surface area contributed by atoms with Gasteiger partial charge in [-0.15, -0.1) is 0 Å². The van der Waals surface area contributed by atoms with Crippen LogP contribution in [0.3, 0.4) is 0 Å². The van der Waals surface area contributed by atoms with Gasteiger partial charge >= 0.3 is 4.87 Å². The minimum absolute atomic E-state index is 0.0116. The smallest absolute Gasteiger partial charge is 0.304 e. The van der Waals surface area contributed by atoms with Gasteiger partial charge in [0.25, 0.3) is 0 Å². The molecule has 2 rings (SSSR count). The predicted molar refractivity (Wildman–Crippen MR) is 71.4 cm³/mol. The summed E-state index contributed by atoms with van der Waals surface area (Å²) in [4.78, 5) is 13.8. The molecule has 1 unspecified atom stereocenters. The molecule has 0 fully saturated rings. The fraction of sp³-hybridized carbons (Fsp3) is 0.308. The Labute approximate surface area is 105 Å². The Hall–Kier alpha value is -1.39. The van der Waals surface area contributed by atoms with Gasteiger partial charge in [0, 0.05) is 23.7 Å². The normalized spacial score (nSPS) is 12.5. The average molecular weight is 248 g/mol. The van der Waals surface area contributed by atoms with Crippen LogP contribution in [0.4, 0.5) is 0 Å². The number of H-pyrrole nitrogens is 1. The predicted octanol–water partition coefficient (Wildman–Crippen LogP) is 2.16. The molecule has 0 aliphatic carbocycles. The van der Waals surface area contributed by atoms with E-state index in [1.165, 1.54) is 16.9 Å². The molecule has 0 aliphatic heterocycles. The third kappa shape index (κ3) is 3.84. The molecule has 1 aromatic heterocycles. The lowest BCUT2D eigenvalue weighted by Gasteiger charge is -2.12. The van der Waals surface area contributed by atoms with Crippen molar-refractivity contribution in [1.29, 1.82) is 0 Å². The van der Waals surface area contributed by atoms with Crippen molar-refractivity contribution in [2.75, 3.05) is 0 Å². The summed E-state index contributed by atoms with van der Waals surface area (Å²) in [6, 6.07) is 10.8. The number of hydrogen-bond acceptors (Lipinski definition) is 3. The fourth-order valence-electron chi connectivity index (χ4n) is 1.72. The lowest BCUT2D eigenvalue weighted by atomic mass is 10.1. The largest absolute Gasteiger partial charge is 0.315 e.